The van der Waals surface area contributed by atoms with Crippen LogP contribution in [0.15, 0.2) is 75.8 Å². The van der Waals surface area contributed by atoms with E-state index in [0.717, 1.165) is 11.0 Å². The number of carbonyl (C=O) groups is 1. The van der Waals surface area contributed by atoms with Crippen LogP contribution in [0, 0.1) is 4.77 Å². The topological polar surface area (TPSA) is 92.9 Å². The molecule has 1 amide bonds. The predicted octanol–water partition coefficient (Wildman–Crippen LogP) is 5.37. The molecule has 0 fully saturated rings. The van der Waals surface area contributed by atoms with Gasteiger partial charge < -0.3 is 9.40 Å². The number of nitrogens with one attached hydrogen (secondary N) is 2. The SMILES string of the molecule is C=CCn1c(=S)[nH]c2cc(C(=O)Nc3nc(-c4cc5ccccc5o4)cs3)ccc2c1=O. The number of allylic oxidation sites excluding steroid dienone is 1. The number of aromatic nitrogens is 3. The second kappa shape index (κ2) is 8.03. The van der Waals surface area contributed by atoms with Crippen LogP contribution in [0.4, 0.5) is 5.13 Å². The molecule has 0 saturated heterocycles. The summed E-state index contributed by atoms with van der Waals surface area (Å²) in [6.45, 7) is 3.95. The molecule has 5 rings (SSSR count). The van der Waals surface area contributed by atoms with Crippen molar-refractivity contribution in [3.63, 3.8) is 0 Å². The van der Waals surface area contributed by atoms with Crippen LogP contribution < -0.4 is 10.9 Å². The number of fused-ring (bicyclic) bond motifs is 2. The minimum absolute atomic E-state index is 0.231. The summed E-state index contributed by atoms with van der Waals surface area (Å²) < 4.78 is 7.52. The quantitative estimate of drug-likeness (QED) is 0.272. The van der Waals surface area contributed by atoms with Gasteiger partial charge in [0.1, 0.15) is 11.3 Å². The van der Waals surface area contributed by atoms with Crippen LogP contribution in [0.5, 0.6) is 0 Å². The van der Waals surface area contributed by atoms with Crippen molar-refractivity contribution in [2.75, 3.05) is 5.32 Å². The standard InChI is InChI=1S/C23H16N4O3S2/c1-2-9-27-21(29)15-8-7-14(10-16(15)25-23(27)31)20(28)26-22-24-17(12-32-22)19-11-13-5-3-4-6-18(13)30-19/h2-8,10-12H,1,9H2,(H,25,31)(H,24,26,28). The van der Waals surface area contributed by atoms with Gasteiger partial charge in [-0.3, -0.25) is 19.5 Å². The third kappa shape index (κ3) is 3.57. The molecule has 0 unspecified atom stereocenters. The normalized spacial score (nSPS) is 11.1. The van der Waals surface area contributed by atoms with Crippen molar-refractivity contribution in [2.24, 2.45) is 0 Å². The molecule has 7 nitrogen and oxygen atoms in total. The lowest BCUT2D eigenvalue weighted by molar-refractivity contribution is 0.102. The van der Waals surface area contributed by atoms with E-state index in [-0.39, 0.29) is 16.2 Å². The first-order valence-electron chi connectivity index (χ1n) is 9.67. The molecule has 2 aromatic carbocycles. The second-order valence-electron chi connectivity index (χ2n) is 7.04. The molecule has 3 aromatic heterocycles. The third-order valence-electron chi connectivity index (χ3n) is 4.96. The zero-order valence-corrected chi connectivity index (χ0v) is 18.3. The van der Waals surface area contributed by atoms with Gasteiger partial charge >= 0.3 is 0 Å². The second-order valence-corrected chi connectivity index (χ2v) is 8.28. The van der Waals surface area contributed by atoms with Crippen LogP contribution in [-0.4, -0.2) is 20.4 Å². The number of anilines is 1. The minimum Gasteiger partial charge on any atom is -0.454 e. The third-order valence-corrected chi connectivity index (χ3v) is 6.04. The Morgan fingerprint density at radius 1 is 1.28 bits per heavy atom. The molecule has 32 heavy (non-hydrogen) atoms. The zero-order chi connectivity index (χ0) is 22.2. The van der Waals surface area contributed by atoms with Crippen molar-refractivity contribution in [1.29, 1.82) is 0 Å². The predicted molar refractivity (Wildman–Crippen MR) is 129 cm³/mol. The van der Waals surface area contributed by atoms with Crippen molar-refractivity contribution >= 4 is 56.5 Å². The summed E-state index contributed by atoms with van der Waals surface area (Å²) >= 11 is 6.56. The Morgan fingerprint density at radius 3 is 2.94 bits per heavy atom. The molecule has 0 aliphatic heterocycles. The van der Waals surface area contributed by atoms with Gasteiger partial charge in [0.25, 0.3) is 11.5 Å². The van der Waals surface area contributed by atoms with Crippen LogP contribution >= 0.6 is 23.6 Å². The van der Waals surface area contributed by atoms with Crippen molar-refractivity contribution < 1.29 is 9.21 Å². The van der Waals surface area contributed by atoms with Gasteiger partial charge in [-0.1, -0.05) is 24.3 Å². The average Bonchev–Trinajstić information content (AvgIpc) is 3.43. The number of amides is 1. The lowest BCUT2D eigenvalue weighted by atomic mass is 10.1. The summed E-state index contributed by atoms with van der Waals surface area (Å²) in [7, 11) is 0. The van der Waals surface area contributed by atoms with Gasteiger partial charge in [0.15, 0.2) is 15.7 Å². The number of benzene rings is 2. The molecule has 0 saturated carbocycles. The lowest BCUT2D eigenvalue weighted by Crippen LogP contribution is -2.22. The fourth-order valence-electron chi connectivity index (χ4n) is 3.41. The van der Waals surface area contributed by atoms with Crippen molar-refractivity contribution in [3.05, 3.63) is 87.3 Å². The summed E-state index contributed by atoms with van der Waals surface area (Å²) in [5, 5.41) is 6.50. The number of furan rings is 1. The summed E-state index contributed by atoms with van der Waals surface area (Å²) in [6.07, 6.45) is 1.60. The summed E-state index contributed by atoms with van der Waals surface area (Å²) in [6, 6.07) is 14.4. The highest BCUT2D eigenvalue weighted by Gasteiger charge is 2.14. The van der Waals surface area contributed by atoms with E-state index < -0.39 is 0 Å². The number of nitrogens with zero attached hydrogens (tertiary/aromatic N) is 2. The molecular weight excluding hydrogens is 444 g/mol. The number of carbonyl (C=O) groups excluding carboxylic acids is 1. The minimum atomic E-state index is -0.341. The maximum Gasteiger partial charge on any atom is 0.262 e. The maximum absolute atomic E-state index is 12.8. The number of H-pyrrole nitrogens is 1. The molecule has 0 radical (unpaired) electrons. The molecule has 0 bridgehead atoms. The fraction of sp³-hybridized carbons (Fsp3) is 0.0435. The van der Waals surface area contributed by atoms with Gasteiger partial charge in [0, 0.05) is 22.9 Å². The van der Waals surface area contributed by atoms with Crippen LogP contribution in [-0.2, 0) is 6.54 Å². The monoisotopic (exact) mass is 460 g/mol. The first kappa shape index (κ1) is 20.1. The van der Waals surface area contributed by atoms with Gasteiger partial charge in [-0.05, 0) is 42.5 Å². The van der Waals surface area contributed by atoms with Crippen molar-refractivity contribution in [2.45, 2.75) is 6.54 Å². The smallest absolute Gasteiger partial charge is 0.262 e. The van der Waals surface area contributed by atoms with Gasteiger partial charge in [0.2, 0.25) is 0 Å². The molecule has 0 aliphatic carbocycles. The molecule has 9 heteroatoms. The maximum atomic E-state index is 12.8. The molecule has 0 spiro atoms. The highest BCUT2D eigenvalue weighted by atomic mass is 32.1. The number of hydrogen-bond acceptors (Lipinski definition) is 6. The van der Waals surface area contributed by atoms with E-state index >= 15 is 0 Å². The Balaban J connectivity index is 1.41. The summed E-state index contributed by atoms with van der Waals surface area (Å²) in [5.41, 5.74) is 2.07. The van der Waals surface area contributed by atoms with Crippen molar-refractivity contribution in [1.82, 2.24) is 14.5 Å². The van der Waals surface area contributed by atoms with E-state index in [9.17, 15) is 9.59 Å². The van der Waals surface area contributed by atoms with Crippen LogP contribution in [0.25, 0.3) is 33.3 Å². The number of hydrogen-bond donors (Lipinski definition) is 2. The largest absolute Gasteiger partial charge is 0.454 e. The molecule has 0 atom stereocenters. The Hall–Kier alpha value is -3.82. The van der Waals surface area contributed by atoms with Crippen molar-refractivity contribution in [3.8, 4) is 11.5 Å². The van der Waals surface area contributed by atoms with Gasteiger partial charge in [0.05, 0.1) is 10.9 Å². The van der Waals surface area contributed by atoms with E-state index in [1.54, 1.807) is 24.3 Å². The first-order valence-corrected chi connectivity index (χ1v) is 11.0. The Kier molecular flexibility index (Phi) is 5.04. The molecule has 158 valence electrons. The van der Waals surface area contributed by atoms with E-state index in [1.165, 1.54) is 15.9 Å². The number of rotatable bonds is 5. The molecular formula is C23H16N4O3S2. The Bertz CT molecular complexity index is 1590. The van der Waals surface area contributed by atoms with Gasteiger partial charge in [-0.25, -0.2) is 4.98 Å². The summed E-state index contributed by atoms with van der Waals surface area (Å²) in [5.74, 6) is 0.295. The van der Waals surface area contributed by atoms with Crippen LogP contribution in [0.3, 0.4) is 0 Å². The van der Waals surface area contributed by atoms with Gasteiger partial charge in [-0.15, -0.1) is 17.9 Å². The fourth-order valence-corrected chi connectivity index (χ4v) is 4.37. The molecule has 2 N–H and O–H groups in total. The van der Waals surface area contributed by atoms with Gasteiger partial charge in [-0.2, -0.15) is 0 Å². The highest BCUT2D eigenvalue weighted by Crippen LogP contribution is 2.30. The van der Waals surface area contributed by atoms with Crippen LogP contribution in [0.2, 0.25) is 0 Å². The number of thiazole rings is 1. The number of para-hydroxylation sites is 1. The summed E-state index contributed by atoms with van der Waals surface area (Å²) in [4.78, 5) is 32.9. The Morgan fingerprint density at radius 2 is 2.12 bits per heavy atom. The van der Waals surface area contributed by atoms with E-state index in [0.29, 0.717) is 39.6 Å². The number of aromatic amines is 1. The zero-order valence-electron chi connectivity index (χ0n) is 16.6. The molecule has 0 aliphatic rings. The Labute approximate surface area is 190 Å². The van der Waals surface area contributed by atoms with E-state index in [4.69, 9.17) is 16.6 Å². The average molecular weight is 461 g/mol. The molecule has 3 heterocycles. The molecule has 5 aromatic rings. The van der Waals surface area contributed by atoms with E-state index in [1.807, 2.05) is 35.7 Å². The lowest BCUT2D eigenvalue weighted by Gasteiger charge is -2.07. The van der Waals surface area contributed by atoms with E-state index in [2.05, 4.69) is 21.9 Å². The highest BCUT2D eigenvalue weighted by molar-refractivity contribution is 7.71. The first-order chi connectivity index (χ1) is 15.5. The van der Waals surface area contributed by atoms with Crippen LogP contribution in [0.1, 0.15) is 10.4 Å².